The maximum Gasteiger partial charge on any atom is 0.123 e. The summed E-state index contributed by atoms with van der Waals surface area (Å²) in [5, 5.41) is 0. The van der Waals surface area contributed by atoms with Gasteiger partial charge in [-0.3, -0.25) is 9.11 Å². The SMILES string of the molecule is C[C@H]([C@@H]1Cc2ccccc2O1)N(C)Cc1ccc([S@](C)=O)cc1. The van der Waals surface area contributed by atoms with Crippen LogP contribution in [0.3, 0.4) is 0 Å². The van der Waals surface area contributed by atoms with Gasteiger partial charge in [-0.25, -0.2) is 0 Å². The number of rotatable bonds is 5. The summed E-state index contributed by atoms with van der Waals surface area (Å²) in [5.74, 6) is 1.02. The first kappa shape index (κ1) is 16.2. The zero-order chi connectivity index (χ0) is 16.4. The van der Waals surface area contributed by atoms with E-state index in [1.165, 1.54) is 11.1 Å². The lowest BCUT2D eigenvalue weighted by Crippen LogP contribution is -2.41. The van der Waals surface area contributed by atoms with Gasteiger partial charge in [-0.05, 0) is 43.3 Å². The van der Waals surface area contributed by atoms with Gasteiger partial charge in [0.25, 0.3) is 0 Å². The van der Waals surface area contributed by atoms with Crippen molar-refractivity contribution in [1.82, 2.24) is 4.90 Å². The molecule has 0 aliphatic carbocycles. The van der Waals surface area contributed by atoms with Gasteiger partial charge in [0.15, 0.2) is 0 Å². The molecule has 0 saturated carbocycles. The van der Waals surface area contributed by atoms with Crippen LogP contribution < -0.4 is 4.74 Å². The number of likely N-dealkylation sites (N-methyl/N-ethyl adjacent to an activating group) is 1. The van der Waals surface area contributed by atoms with E-state index in [2.05, 4.69) is 43.1 Å². The third kappa shape index (κ3) is 3.65. The molecule has 0 spiro atoms. The van der Waals surface area contributed by atoms with Gasteiger partial charge < -0.3 is 4.74 Å². The van der Waals surface area contributed by atoms with Crippen molar-refractivity contribution in [2.24, 2.45) is 0 Å². The Labute approximate surface area is 140 Å². The van der Waals surface area contributed by atoms with Crippen LogP contribution >= 0.6 is 0 Å². The third-order valence-electron chi connectivity index (χ3n) is 4.59. The minimum absolute atomic E-state index is 0.194. The van der Waals surface area contributed by atoms with Crippen LogP contribution in [-0.4, -0.2) is 34.6 Å². The third-order valence-corrected chi connectivity index (χ3v) is 5.53. The van der Waals surface area contributed by atoms with E-state index >= 15 is 0 Å². The van der Waals surface area contributed by atoms with Gasteiger partial charge in [-0.1, -0.05) is 30.3 Å². The Bertz CT molecular complexity index is 674. The molecule has 122 valence electrons. The van der Waals surface area contributed by atoms with Crippen molar-refractivity contribution >= 4 is 10.8 Å². The molecule has 0 N–H and O–H groups in total. The molecule has 1 aliphatic rings. The normalized spacial score (nSPS) is 19.2. The summed E-state index contributed by atoms with van der Waals surface area (Å²) >= 11 is 0. The van der Waals surface area contributed by atoms with E-state index in [0.29, 0.717) is 6.04 Å². The standard InChI is InChI=1S/C19H23NO2S/c1-14(19-12-16-6-4-5-7-18(16)22-19)20(2)13-15-8-10-17(11-9-15)23(3)21/h4-11,14,19H,12-13H2,1-3H3/t14-,19+,23+/m1/s1. The molecule has 23 heavy (non-hydrogen) atoms. The molecule has 0 amide bonds. The lowest BCUT2D eigenvalue weighted by molar-refractivity contribution is 0.105. The molecular formula is C19H23NO2S. The molecule has 0 radical (unpaired) electrons. The average molecular weight is 329 g/mol. The predicted octanol–water partition coefficient (Wildman–Crippen LogP) is 3.25. The van der Waals surface area contributed by atoms with E-state index < -0.39 is 10.8 Å². The molecular weight excluding hydrogens is 306 g/mol. The lowest BCUT2D eigenvalue weighted by Gasteiger charge is -2.29. The second-order valence-corrected chi connectivity index (χ2v) is 7.60. The number of hydrogen-bond acceptors (Lipinski definition) is 3. The Kier molecular flexibility index (Phi) is 4.83. The Morgan fingerprint density at radius 1 is 1.22 bits per heavy atom. The molecule has 2 aromatic carbocycles. The molecule has 1 aliphatic heterocycles. The molecule has 3 nitrogen and oxygen atoms in total. The Balaban J connectivity index is 1.62. The van der Waals surface area contributed by atoms with Crippen LogP contribution in [0.2, 0.25) is 0 Å². The van der Waals surface area contributed by atoms with Crippen molar-refractivity contribution in [2.45, 2.75) is 36.9 Å². The zero-order valence-corrected chi connectivity index (χ0v) is 14.7. The Morgan fingerprint density at radius 2 is 1.91 bits per heavy atom. The predicted molar refractivity (Wildman–Crippen MR) is 94.3 cm³/mol. The van der Waals surface area contributed by atoms with Gasteiger partial charge >= 0.3 is 0 Å². The van der Waals surface area contributed by atoms with E-state index in [1.807, 2.05) is 24.3 Å². The Hall–Kier alpha value is -1.65. The molecule has 3 rings (SSSR count). The summed E-state index contributed by atoms with van der Waals surface area (Å²) in [5.41, 5.74) is 2.52. The number of ether oxygens (including phenoxy) is 1. The monoisotopic (exact) mass is 329 g/mol. The molecule has 3 atom stereocenters. The number of para-hydroxylation sites is 1. The van der Waals surface area contributed by atoms with Crippen LogP contribution in [0.5, 0.6) is 5.75 Å². The van der Waals surface area contributed by atoms with E-state index in [4.69, 9.17) is 4.74 Å². The first-order valence-corrected chi connectivity index (χ1v) is 9.47. The fourth-order valence-electron chi connectivity index (χ4n) is 2.98. The molecule has 2 aromatic rings. The molecule has 0 saturated heterocycles. The van der Waals surface area contributed by atoms with E-state index in [-0.39, 0.29) is 6.10 Å². The minimum Gasteiger partial charge on any atom is -0.488 e. The van der Waals surface area contributed by atoms with Crippen LogP contribution in [0.15, 0.2) is 53.4 Å². The van der Waals surface area contributed by atoms with E-state index in [1.54, 1.807) is 6.26 Å². The van der Waals surface area contributed by atoms with Gasteiger partial charge in [0.1, 0.15) is 11.9 Å². The highest BCUT2D eigenvalue weighted by Crippen LogP contribution is 2.30. The highest BCUT2D eigenvalue weighted by atomic mass is 32.2. The number of hydrogen-bond donors (Lipinski definition) is 0. The van der Waals surface area contributed by atoms with E-state index in [0.717, 1.165) is 23.6 Å². The van der Waals surface area contributed by atoms with Gasteiger partial charge in [-0.15, -0.1) is 0 Å². The highest BCUT2D eigenvalue weighted by molar-refractivity contribution is 7.84. The van der Waals surface area contributed by atoms with Crippen molar-refractivity contribution < 1.29 is 8.95 Å². The second-order valence-electron chi connectivity index (χ2n) is 6.22. The summed E-state index contributed by atoms with van der Waals surface area (Å²) in [4.78, 5) is 3.19. The summed E-state index contributed by atoms with van der Waals surface area (Å²) in [6.07, 6.45) is 2.87. The average Bonchev–Trinajstić information content (AvgIpc) is 2.98. The summed E-state index contributed by atoms with van der Waals surface area (Å²) in [6.45, 7) is 3.07. The molecule has 0 fully saturated rings. The molecule has 0 unspecified atom stereocenters. The van der Waals surface area contributed by atoms with Crippen LogP contribution in [-0.2, 0) is 23.8 Å². The Morgan fingerprint density at radius 3 is 2.57 bits per heavy atom. The lowest BCUT2D eigenvalue weighted by atomic mass is 10.0. The maximum absolute atomic E-state index is 11.5. The fourth-order valence-corrected chi connectivity index (χ4v) is 3.50. The van der Waals surface area contributed by atoms with Gasteiger partial charge in [0.05, 0.1) is 0 Å². The number of nitrogens with zero attached hydrogens (tertiary/aromatic N) is 1. The molecule has 4 heteroatoms. The van der Waals surface area contributed by atoms with Crippen LogP contribution in [0.25, 0.3) is 0 Å². The summed E-state index contributed by atoms with van der Waals surface area (Å²) in [6, 6.07) is 16.6. The number of fused-ring (bicyclic) bond motifs is 1. The van der Waals surface area contributed by atoms with Crippen molar-refractivity contribution in [1.29, 1.82) is 0 Å². The quantitative estimate of drug-likeness (QED) is 0.843. The van der Waals surface area contributed by atoms with Crippen molar-refractivity contribution in [2.75, 3.05) is 13.3 Å². The van der Waals surface area contributed by atoms with Gasteiger partial charge in [0.2, 0.25) is 0 Å². The first-order valence-electron chi connectivity index (χ1n) is 7.92. The molecule has 1 heterocycles. The van der Waals surface area contributed by atoms with Crippen LogP contribution in [0.4, 0.5) is 0 Å². The van der Waals surface area contributed by atoms with Crippen LogP contribution in [0.1, 0.15) is 18.1 Å². The smallest absolute Gasteiger partial charge is 0.123 e. The molecule has 0 aromatic heterocycles. The topological polar surface area (TPSA) is 29.5 Å². The van der Waals surface area contributed by atoms with Gasteiger partial charge in [0, 0.05) is 41.0 Å². The molecule has 0 bridgehead atoms. The summed E-state index contributed by atoms with van der Waals surface area (Å²) in [7, 11) is 1.21. The minimum atomic E-state index is -0.917. The van der Waals surface area contributed by atoms with Crippen molar-refractivity contribution in [3.05, 3.63) is 59.7 Å². The fraction of sp³-hybridized carbons (Fsp3) is 0.368. The maximum atomic E-state index is 11.5. The van der Waals surface area contributed by atoms with Crippen molar-refractivity contribution in [3.8, 4) is 5.75 Å². The van der Waals surface area contributed by atoms with E-state index in [9.17, 15) is 4.21 Å². The first-order chi connectivity index (χ1) is 11.0. The number of benzene rings is 2. The zero-order valence-electron chi connectivity index (χ0n) is 13.9. The van der Waals surface area contributed by atoms with Gasteiger partial charge in [-0.2, -0.15) is 0 Å². The van der Waals surface area contributed by atoms with Crippen molar-refractivity contribution in [3.63, 3.8) is 0 Å². The highest BCUT2D eigenvalue weighted by Gasteiger charge is 2.29. The second kappa shape index (κ2) is 6.85. The largest absolute Gasteiger partial charge is 0.488 e. The van der Waals surface area contributed by atoms with Crippen LogP contribution in [0, 0.1) is 0 Å². The summed E-state index contributed by atoms with van der Waals surface area (Å²) < 4.78 is 17.5.